The first-order valence-electron chi connectivity index (χ1n) is 6.56. The van der Waals surface area contributed by atoms with Crippen molar-refractivity contribution in [2.24, 2.45) is 0 Å². The zero-order chi connectivity index (χ0) is 14.0. The summed E-state index contributed by atoms with van der Waals surface area (Å²) in [6.45, 7) is 9.13. The number of hydrogen-bond donors (Lipinski definition) is 1. The van der Waals surface area contributed by atoms with Crippen molar-refractivity contribution in [3.63, 3.8) is 0 Å². The number of methoxy groups -OCH3 is 2. The van der Waals surface area contributed by atoms with Gasteiger partial charge in [0.25, 0.3) is 0 Å². The predicted molar refractivity (Wildman–Crippen MR) is 71.9 cm³/mol. The van der Waals surface area contributed by atoms with Gasteiger partial charge < -0.3 is 19.3 Å². The van der Waals surface area contributed by atoms with Crippen LogP contribution in [0.25, 0.3) is 0 Å². The lowest BCUT2D eigenvalue weighted by atomic mass is 10.2. The first-order chi connectivity index (χ1) is 8.54. The molecule has 0 aliphatic rings. The molecule has 0 aromatic heterocycles. The van der Waals surface area contributed by atoms with Crippen LogP contribution in [0.5, 0.6) is 0 Å². The highest BCUT2D eigenvalue weighted by atomic mass is 16.5. The molecular formula is C13H29NO4. The second kappa shape index (κ2) is 10.7. The van der Waals surface area contributed by atoms with E-state index in [1.165, 1.54) is 0 Å². The van der Waals surface area contributed by atoms with Gasteiger partial charge in [0.2, 0.25) is 0 Å². The fraction of sp³-hybridized carbons (Fsp3) is 1.00. The quantitative estimate of drug-likeness (QED) is 0.596. The summed E-state index contributed by atoms with van der Waals surface area (Å²) in [6, 6.07) is 0.297. The third-order valence-corrected chi connectivity index (χ3v) is 2.86. The Hall–Kier alpha value is -0.200. The molecule has 18 heavy (non-hydrogen) atoms. The molecule has 110 valence electrons. The molecule has 0 heterocycles. The topological polar surface area (TPSA) is 51.2 Å². The minimum Gasteiger partial charge on any atom is -0.389 e. The van der Waals surface area contributed by atoms with Crippen molar-refractivity contribution in [2.45, 2.75) is 39.0 Å². The van der Waals surface area contributed by atoms with Gasteiger partial charge in [0.1, 0.15) is 0 Å². The number of aliphatic hydroxyl groups is 1. The molecule has 0 aliphatic heterocycles. The average molecular weight is 263 g/mol. The van der Waals surface area contributed by atoms with E-state index >= 15 is 0 Å². The first-order valence-corrected chi connectivity index (χ1v) is 6.56. The highest BCUT2D eigenvalue weighted by molar-refractivity contribution is 4.69. The molecule has 0 fully saturated rings. The van der Waals surface area contributed by atoms with Crippen LogP contribution < -0.4 is 0 Å². The Labute approximate surface area is 111 Å². The van der Waals surface area contributed by atoms with E-state index in [1.54, 1.807) is 14.2 Å². The molecule has 5 heteroatoms. The van der Waals surface area contributed by atoms with E-state index in [2.05, 4.69) is 18.7 Å². The van der Waals surface area contributed by atoms with Crippen LogP contribution in [-0.2, 0) is 14.2 Å². The van der Waals surface area contributed by atoms with Crippen molar-refractivity contribution in [2.75, 3.05) is 47.1 Å². The molecule has 0 spiro atoms. The van der Waals surface area contributed by atoms with E-state index in [0.717, 1.165) is 6.54 Å². The average Bonchev–Trinajstić information content (AvgIpc) is 2.34. The fourth-order valence-electron chi connectivity index (χ4n) is 1.85. The molecule has 1 N–H and O–H groups in total. The second-order valence-corrected chi connectivity index (χ2v) is 4.65. The highest BCUT2D eigenvalue weighted by Crippen LogP contribution is 2.03. The summed E-state index contributed by atoms with van der Waals surface area (Å²) in [5.41, 5.74) is 0. The van der Waals surface area contributed by atoms with Gasteiger partial charge in [-0.2, -0.15) is 0 Å². The number of nitrogens with zero attached hydrogens (tertiary/aromatic N) is 1. The summed E-state index contributed by atoms with van der Waals surface area (Å²) < 4.78 is 15.6. The van der Waals surface area contributed by atoms with Gasteiger partial charge in [0.15, 0.2) is 0 Å². The molecule has 0 amide bonds. The van der Waals surface area contributed by atoms with E-state index in [4.69, 9.17) is 14.2 Å². The number of ether oxygens (including phenoxy) is 3. The summed E-state index contributed by atoms with van der Waals surface area (Å²) in [7, 11) is 3.33. The Morgan fingerprint density at radius 2 is 1.67 bits per heavy atom. The van der Waals surface area contributed by atoms with E-state index in [1.807, 2.05) is 6.92 Å². The van der Waals surface area contributed by atoms with Crippen LogP contribution in [0.4, 0.5) is 0 Å². The van der Waals surface area contributed by atoms with E-state index < -0.39 is 6.10 Å². The van der Waals surface area contributed by atoms with Gasteiger partial charge in [-0.05, 0) is 20.4 Å². The Balaban J connectivity index is 3.92. The molecular weight excluding hydrogens is 234 g/mol. The molecule has 0 aromatic carbocycles. The molecule has 0 bridgehead atoms. The van der Waals surface area contributed by atoms with Crippen LogP contribution in [0.1, 0.15) is 20.8 Å². The van der Waals surface area contributed by atoms with Crippen LogP contribution in [0.15, 0.2) is 0 Å². The minimum atomic E-state index is -0.483. The van der Waals surface area contributed by atoms with Crippen molar-refractivity contribution in [1.82, 2.24) is 4.90 Å². The molecule has 0 aromatic rings. The maximum absolute atomic E-state index is 9.94. The van der Waals surface area contributed by atoms with E-state index in [9.17, 15) is 5.11 Å². The third kappa shape index (κ3) is 8.00. The molecule has 3 unspecified atom stereocenters. The van der Waals surface area contributed by atoms with Crippen molar-refractivity contribution in [1.29, 1.82) is 0 Å². The van der Waals surface area contributed by atoms with Crippen molar-refractivity contribution in [3.8, 4) is 0 Å². The molecule has 3 atom stereocenters. The van der Waals surface area contributed by atoms with Crippen LogP contribution >= 0.6 is 0 Å². The summed E-state index contributed by atoms with van der Waals surface area (Å²) in [5.74, 6) is 0. The van der Waals surface area contributed by atoms with E-state index in [0.29, 0.717) is 32.4 Å². The summed E-state index contributed by atoms with van der Waals surface area (Å²) >= 11 is 0. The van der Waals surface area contributed by atoms with E-state index in [-0.39, 0.29) is 6.10 Å². The standard InChI is InChI=1S/C13H29NO4/c1-6-14(11(2)8-16-4)7-13(15)10-18-12(3)9-17-5/h11-13,15H,6-10H2,1-5H3. The molecule has 0 aliphatic carbocycles. The number of likely N-dealkylation sites (N-methyl/N-ethyl adjacent to an activating group) is 1. The van der Waals surface area contributed by atoms with Gasteiger partial charge in [-0.3, -0.25) is 4.90 Å². The van der Waals surface area contributed by atoms with Crippen LogP contribution in [0, 0.1) is 0 Å². The van der Waals surface area contributed by atoms with Crippen molar-refractivity contribution in [3.05, 3.63) is 0 Å². The van der Waals surface area contributed by atoms with Gasteiger partial charge >= 0.3 is 0 Å². The fourth-order valence-corrected chi connectivity index (χ4v) is 1.85. The Morgan fingerprint density at radius 1 is 1.06 bits per heavy atom. The lowest BCUT2D eigenvalue weighted by Crippen LogP contribution is -2.42. The SMILES string of the molecule is CCN(CC(O)COC(C)COC)C(C)COC. The number of aliphatic hydroxyl groups excluding tert-OH is 1. The number of rotatable bonds is 11. The van der Waals surface area contributed by atoms with Crippen LogP contribution in [0.2, 0.25) is 0 Å². The summed E-state index contributed by atoms with van der Waals surface area (Å²) in [6.07, 6.45) is -0.473. The second-order valence-electron chi connectivity index (χ2n) is 4.65. The van der Waals surface area contributed by atoms with Gasteiger partial charge in [-0.25, -0.2) is 0 Å². The van der Waals surface area contributed by atoms with Crippen molar-refractivity contribution < 1.29 is 19.3 Å². The largest absolute Gasteiger partial charge is 0.389 e. The lowest BCUT2D eigenvalue weighted by molar-refractivity contribution is -0.0443. The van der Waals surface area contributed by atoms with Gasteiger partial charge in [-0.15, -0.1) is 0 Å². The Bertz CT molecular complexity index is 192. The number of hydrogen-bond acceptors (Lipinski definition) is 5. The minimum absolute atomic E-state index is 0.0103. The molecule has 0 saturated heterocycles. The van der Waals surface area contributed by atoms with Crippen molar-refractivity contribution >= 4 is 0 Å². The molecule has 0 saturated carbocycles. The summed E-state index contributed by atoms with van der Waals surface area (Å²) in [5, 5.41) is 9.94. The van der Waals surface area contributed by atoms with Crippen LogP contribution in [0.3, 0.4) is 0 Å². The maximum atomic E-state index is 9.94. The molecule has 0 radical (unpaired) electrons. The highest BCUT2D eigenvalue weighted by Gasteiger charge is 2.16. The maximum Gasteiger partial charge on any atom is 0.0900 e. The Kier molecular flexibility index (Phi) is 10.6. The molecule has 0 rings (SSSR count). The van der Waals surface area contributed by atoms with Gasteiger partial charge in [0.05, 0.1) is 32.0 Å². The normalized spacial score (nSPS) is 16.8. The smallest absolute Gasteiger partial charge is 0.0900 e. The third-order valence-electron chi connectivity index (χ3n) is 2.86. The van der Waals surface area contributed by atoms with Gasteiger partial charge in [0, 0.05) is 26.8 Å². The summed E-state index contributed by atoms with van der Waals surface area (Å²) in [4.78, 5) is 2.18. The monoisotopic (exact) mass is 263 g/mol. The zero-order valence-electron chi connectivity index (χ0n) is 12.4. The Morgan fingerprint density at radius 3 is 2.17 bits per heavy atom. The molecule has 5 nitrogen and oxygen atoms in total. The lowest BCUT2D eigenvalue weighted by Gasteiger charge is -2.29. The first kappa shape index (κ1) is 17.8. The van der Waals surface area contributed by atoms with Gasteiger partial charge in [-0.1, -0.05) is 6.92 Å². The zero-order valence-corrected chi connectivity index (χ0v) is 12.4. The van der Waals surface area contributed by atoms with Crippen LogP contribution in [-0.4, -0.2) is 75.4 Å². The predicted octanol–water partition coefficient (Wildman–Crippen LogP) is 0.756.